The van der Waals surface area contributed by atoms with Crippen LogP contribution >= 0.6 is 11.3 Å². The summed E-state index contributed by atoms with van der Waals surface area (Å²) in [7, 11) is 0. The number of hydrogen-bond acceptors (Lipinski definition) is 6. The molecule has 0 saturated heterocycles. The normalized spacial score (nSPS) is 13.3. The largest absolute Gasteiger partial charge is 0.573 e. The first-order chi connectivity index (χ1) is 15.8. The lowest BCUT2D eigenvalue weighted by atomic mass is 10.1. The Kier molecular flexibility index (Phi) is 6.59. The number of thiazole rings is 1. The summed E-state index contributed by atoms with van der Waals surface area (Å²) in [6, 6.07) is 11.0. The Labute approximate surface area is 191 Å². The topological polar surface area (TPSA) is 74.1 Å². The maximum atomic E-state index is 12.4. The van der Waals surface area contributed by atoms with Gasteiger partial charge < -0.3 is 24.1 Å². The minimum atomic E-state index is -4.75. The number of carbonyl (C=O) groups is 1. The molecule has 2 aromatic carbocycles. The lowest BCUT2D eigenvalue weighted by molar-refractivity contribution is -0.274. The van der Waals surface area contributed by atoms with Crippen molar-refractivity contribution in [3.05, 3.63) is 52.6 Å². The quantitative estimate of drug-likeness (QED) is 0.503. The fraction of sp³-hybridized carbons (Fsp3) is 0.273. The van der Waals surface area contributed by atoms with Gasteiger partial charge in [0, 0.05) is 31.0 Å². The monoisotopic (exact) mass is 479 g/mol. The van der Waals surface area contributed by atoms with Crippen molar-refractivity contribution in [1.82, 2.24) is 9.88 Å². The number of fused-ring (bicyclic) bond motifs is 1. The molecule has 11 heteroatoms. The Balaban J connectivity index is 1.65. The third kappa shape index (κ3) is 5.86. The van der Waals surface area contributed by atoms with Crippen molar-refractivity contribution in [2.75, 3.05) is 13.3 Å². The fourth-order valence-electron chi connectivity index (χ4n) is 3.26. The van der Waals surface area contributed by atoms with Gasteiger partial charge in [0.2, 0.25) is 12.7 Å². The average molecular weight is 479 g/mol. The molecular weight excluding hydrogens is 459 g/mol. The van der Waals surface area contributed by atoms with Gasteiger partial charge in [-0.15, -0.1) is 24.5 Å². The van der Waals surface area contributed by atoms with Crippen LogP contribution in [0.25, 0.3) is 11.3 Å². The van der Waals surface area contributed by atoms with Crippen molar-refractivity contribution in [3.8, 4) is 28.5 Å². The van der Waals surface area contributed by atoms with Crippen LogP contribution in [0.4, 0.5) is 18.9 Å². The first-order valence-corrected chi connectivity index (χ1v) is 10.9. The van der Waals surface area contributed by atoms with Gasteiger partial charge in [-0.3, -0.25) is 4.79 Å². The molecule has 1 aromatic heterocycles. The summed E-state index contributed by atoms with van der Waals surface area (Å²) in [6.07, 6.45) is -4.08. The second-order valence-corrected chi connectivity index (χ2v) is 7.95. The lowest BCUT2D eigenvalue weighted by Gasteiger charge is -2.10. The van der Waals surface area contributed by atoms with Gasteiger partial charge in [-0.2, -0.15) is 0 Å². The molecule has 2 heterocycles. The fourth-order valence-corrected chi connectivity index (χ4v) is 4.21. The van der Waals surface area contributed by atoms with E-state index in [1.807, 2.05) is 28.1 Å². The van der Waals surface area contributed by atoms with Crippen LogP contribution in [0.1, 0.15) is 13.3 Å². The van der Waals surface area contributed by atoms with Crippen LogP contribution in [0.3, 0.4) is 0 Å². The summed E-state index contributed by atoms with van der Waals surface area (Å²) in [6.45, 7) is 2.71. The van der Waals surface area contributed by atoms with Gasteiger partial charge in [0.05, 0.1) is 11.4 Å². The van der Waals surface area contributed by atoms with Gasteiger partial charge in [-0.25, -0.2) is 4.99 Å². The molecule has 1 aliphatic rings. The van der Waals surface area contributed by atoms with Gasteiger partial charge in [0.15, 0.2) is 16.3 Å². The van der Waals surface area contributed by atoms with Crippen LogP contribution in [0.15, 0.2) is 52.8 Å². The summed E-state index contributed by atoms with van der Waals surface area (Å²) >= 11 is 1.40. The van der Waals surface area contributed by atoms with E-state index >= 15 is 0 Å². The van der Waals surface area contributed by atoms with Crippen molar-refractivity contribution < 1.29 is 32.2 Å². The highest BCUT2D eigenvalue weighted by Gasteiger charge is 2.30. The number of ether oxygens (including phenoxy) is 3. The molecule has 0 saturated carbocycles. The molecule has 0 aliphatic carbocycles. The Hall–Kier alpha value is -3.47. The zero-order chi connectivity index (χ0) is 23.4. The van der Waals surface area contributed by atoms with Gasteiger partial charge in [0.1, 0.15) is 5.75 Å². The molecule has 0 spiro atoms. The molecule has 1 aliphatic heterocycles. The van der Waals surface area contributed by atoms with E-state index in [1.54, 1.807) is 0 Å². The molecule has 0 radical (unpaired) electrons. The van der Waals surface area contributed by atoms with E-state index in [0.29, 0.717) is 41.5 Å². The van der Waals surface area contributed by atoms with Crippen LogP contribution < -0.4 is 24.3 Å². The molecule has 0 fully saturated rings. The van der Waals surface area contributed by atoms with Gasteiger partial charge in [-0.1, -0.05) is 0 Å². The highest BCUT2D eigenvalue weighted by Crippen LogP contribution is 2.36. The molecular formula is C22H20F3N3O4S. The molecule has 33 heavy (non-hydrogen) atoms. The van der Waals surface area contributed by atoms with Crippen molar-refractivity contribution in [2.45, 2.75) is 26.3 Å². The zero-order valence-corrected chi connectivity index (χ0v) is 18.3. The summed E-state index contributed by atoms with van der Waals surface area (Å²) in [5.41, 5.74) is 2.29. The minimum absolute atomic E-state index is 0.104. The first kappa shape index (κ1) is 22.7. The van der Waals surface area contributed by atoms with E-state index in [-0.39, 0.29) is 18.4 Å². The summed E-state index contributed by atoms with van der Waals surface area (Å²) < 4.78 is 54.0. The number of hydrogen-bond donors (Lipinski definition) is 1. The SMILES string of the molecule is CC(=O)NCCCn1c(-c2ccc3c(c2)OCO3)csc1=Nc1ccc(OC(F)(F)F)cc1. The molecule has 1 amide bonds. The smallest absolute Gasteiger partial charge is 0.454 e. The molecule has 1 N–H and O–H groups in total. The summed E-state index contributed by atoms with van der Waals surface area (Å²) in [4.78, 5) is 16.5. The highest BCUT2D eigenvalue weighted by molar-refractivity contribution is 7.07. The highest BCUT2D eigenvalue weighted by atomic mass is 32.1. The number of nitrogens with one attached hydrogen (secondary N) is 1. The predicted octanol–water partition coefficient (Wildman–Crippen LogP) is 4.60. The number of nitrogens with zero attached hydrogens (tertiary/aromatic N) is 2. The van der Waals surface area contributed by atoms with Crippen molar-refractivity contribution >= 4 is 22.9 Å². The number of rotatable bonds is 7. The summed E-state index contributed by atoms with van der Waals surface area (Å²) in [5.74, 6) is 0.920. The van der Waals surface area contributed by atoms with Crippen LogP contribution in [0.5, 0.6) is 17.2 Å². The summed E-state index contributed by atoms with van der Waals surface area (Å²) in [5, 5.41) is 4.73. The maximum Gasteiger partial charge on any atom is 0.573 e. The first-order valence-electron chi connectivity index (χ1n) is 10.0. The van der Waals surface area contributed by atoms with Crippen molar-refractivity contribution in [3.63, 3.8) is 0 Å². The number of amides is 1. The maximum absolute atomic E-state index is 12.4. The Morgan fingerprint density at radius 2 is 1.94 bits per heavy atom. The van der Waals surface area contributed by atoms with E-state index in [2.05, 4.69) is 15.0 Å². The average Bonchev–Trinajstić information content (AvgIpc) is 3.38. The van der Waals surface area contributed by atoms with Gasteiger partial charge >= 0.3 is 6.36 Å². The van der Waals surface area contributed by atoms with E-state index < -0.39 is 6.36 Å². The second-order valence-electron chi connectivity index (χ2n) is 7.11. The van der Waals surface area contributed by atoms with Gasteiger partial charge in [-0.05, 0) is 48.9 Å². The van der Waals surface area contributed by atoms with Crippen molar-refractivity contribution in [2.24, 2.45) is 4.99 Å². The third-order valence-corrected chi connectivity index (χ3v) is 5.56. The number of benzene rings is 2. The van der Waals surface area contributed by atoms with E-state index in [9.17, 15) is 18.0 Å². The molecule has 174 valence electrons. The molecule has 3 aromatic rings. The number of halogens is 3. The molecule has 7 nitrogen and oxygen atoms in total. The van der Waals surface area contributed by atoms with E-state index in [1.165, 1.54) is 42.5 Å². The van der Waals surface area contributed by atoms with Crippen LogP contribution in [0, 0.1) is 0 Å². The molecule has 4 rings (SSSR count). The Morgan fingerprint density at radius 3 is 2.67 bits per heavy atom. The minimum Gasteiger partial charge on any atom is -0.454 e. The van der Waals surface area contributed by atoms with E-state index in [4.69, 9.17) is 9.47 Å². The molecule has 0 atom stereocenters. The Morgan fingerprint density at radius 1 is 1.18 bits per heavy atom. The Bertz CT molecular complexity index is 1200. The second kappa shape index (κ2) is 9.57. The number of carbonyl (C=O) groups excluding carboxylic acids is 1. The number of aromatic nitrogens is 1. The standard InChI is InChI=1S/C22H20F3N3O4S/c1-14(29)26-9-2-10-28-18(15-3-8-19-20(11-15)31-13-30-19)12-33-21(28)27-16-4-6-17(7-5-16)32-22(23,24)25/h3-8,11-12H,2,9-10,13H2,1H3,(H,26,29). The van der Waals surface area contributed by atoms with Crippen LogP contribution in [-0.4, -0.2) is 30.2 Å². The van der Waals surface area contributed by atoms with Crippen molar-refractivity contribution in [1.29, 1.82) is 0 Å². The van der Waals surface area contributed by atoms with Crippen LogP contribution in [0.2, 0.25) is 0 Å². The van der Waals surface area contributed by atoms with Gasteiger partial charge in [0.25, 0.3) is 0 Å². The van der Waals surface area contributed by atoms with E-state index in [0.717, 1.165) is 11.3 Å². The lowest BCUT2D eigenvalue weighted by Crippen LogP contribution is -2.24. The zero-order valence-electron chi connectivity index (χ0n) is 17.5. The predicted molar refractivity (Wildman–Crippen MR) is 116 cm³/mol. The molecule has 0 unspecified atom stereocenters. The molecule has 0 bridgehead atoms. The third-order valence-electron chi connectivity index (χ3n) is 4.69. The number of alkyl halides is 3. The van der Waals surface area contributed by atoms with Crippen LogP contribution in [-0.2, 0) is 11.3 Å².